The normalized spacial score (nSPS) is 24.9. The van der Waals surface area contributed by atoms with E-state index in [4.69, 9.17) is 11.6 Å². The van der Waals surface area contributed by atoms with Crippen LogP contribution in [0.4, 0.5) is 24.5 Å². The van der Waals surface area contributed by atoms with Crippen molar-refractivity contribution < 1.29 is 27.9 Å². The summed E-state index contributed by atoms with van der Waals surface area (Å²) in [6, 6.07) is 3.84. The molecular formula is C25H26ClF3N6O3. The highest BCUT2D eigenvalue weighted by Gasteiger charge is 2.64. The summed E-state index contributed by atoms with van der Waals surface area (Å²) in [4.78, 5) is 29.9. The first-order valence-electron chi connectivity index (χ1n) is 12.1. The predicted octanol–water partition coefficient (Wildman–Crippen LogP) is 4.11. The molecule has 9 nitrogen and oxygen atoms in total. The minimum Gasteiger partial charge on any atom is -0.383 e. The van der Waals surface area contributed by atoms with Crippen LogP contribution in [-0.4, -0.2) is 47.8 Å². The molecule has 2 fully saturated rings. The number of rotatable bonds is 6. The van der Waals surface area contributed by atoms with E-state index >= 15 is 8.78 Å². The number of fused-ring (bicyclic) bond motifs is 1. The smallest absolute Gasteiger partial charge is 0.352 e. The van der Waals surface area contributed by atoms with E-state index < -0.39 is 29.2 Å². The molecular weight excluding hydrogens is 525 g/mol. The predicted molar refractivity (Wildman–Crippen MR) is 132 cm³/mol. The Labute approximate surface area is 221 Å². The van der Waals surface area contributed by atoms with E-state index in [9.17, 15) is 19.1 Å². The van der Waals surface area contributed by atoms with Crippen LogP contribution in [0.15, 0.2) is 36.9 Å². The SMILES string of the molecule is Cn1cc(NC(=O)C(F)(F)C2(O)CC3CC(c4ncn(C)c4C(=O)Nc4ccc(F)c(Cl)c4)CC3C2)cn1. The van der Waals surface area contributed by atoms with Crippen molar-refractivity contribution in [2.45, 2.75) is 43.1 Å². The van der Waals surface area contributed by atoms with Gasteiger partial charge in [-0.25, -0.2) is 9.37 Å². The van der Waals surface area contributed by atoms with Crippen molar-refractivity contribution in [1.29, 1.82) is 0 Å². The number of nitrogens with one attached hydrogen (secondary N) is 2. The number of aryl methyl sites for hydroxylation is 2. The number of carbonyl (C=O) groups is 2. The topological polar surface area (TPSA) is 114 Å². The number of aliphatic hydroxyl groups is 1. The number of halogens is 4. The minimum atomic E-state index is -4.00. The van der Waals surface area contributed by atoms with Crippen LogP contribution in [0.3, 0.4) is 0 Å². The van der Waals surface area contributed by atoms with E-state index in [-0.39, 0.29) is 41.3 Å². The summed E-state index contributed by atoms with van der Waals surface area (Å²) in [5.74, 6) is -7.37. The number of amides is 2. The average molecular weight is 551 g/mol. The zero-order chi connectivity index (χ0) is 27.4. The van der Waals surface area contributed by atoms with E-state index in [0.717, 1.165) is 6.07 Å². The Balaban J connectivity index is 1.28. The Hall–Kier alpha value is -3.38. The number of imidazole rings is 1. The number of carbonyl (C=O) groups excluding carboxylic acids is 2. The van der Waals surface area contributed by atoms with Gasteiger partial charge in [0, 0.05) is 31.9 Å². The van der Waals surface area contributed by atoms with Crippen molar-refractivity contribution in [2.75, 3.05) is 10.6 Å². The van der Waals surface area contributed by atoms with Gasteiger partial charge in [-0.2, -0.15) is 13.9 Å². The van der Waals surface area contributed by atoms with Crippen molar-refractivity contribution >= 4 is 34.8 Å². The lowest BCUT2D eigenvalue weighted by atomic mass is 9.87. The Kier molecular flexibility index (Phi) is 6.50. The van der Waals surface area contributed by atoms with Crippen molar-refractivity contribution in [3.05, 3.63) is 59.1 Å². The molecule has 3 N–H and O–H groups in total. The lowest BCUT2D eigenvalue weighted by Gasteiger charge is -2.32. The second kappa shape index (κ2) is 9.42. The van der Waals surface area contributed by atoms with Crippen molar-refractivity contribution in [2.24, 2.45) is 25.9 Å². The number of anilines is 2. The van der Waals surface area contributed by atoms with Gasteiger partial charge in [0.15, 0.2) is 0 Å². The Bertz CT molecular complexity index is 1390. The molecule has 13 heteroatoms. The van der Waals surface area contributed by atoms with Crippen LogP contribution in [0.2, 0.25) is 5.02 Å². The van der Waals surface area contributed by atoms with Gasteiger partial charge in [0.05, 0.1) is 28.9 Å². The molecule has 0 saturated heterocycles. The fourth-order valence-corrected chi connectivity index (χ4v) is 6.02. The molecule has 2 saturated carbocycles. The van der Waals surface area contributed by atoms with Gasteiger partial charge in [-0.3, -0.25) is 14.3 Å². The molecule has 5 rings (SSSR count). The average Bonchev–Trinajstić information content (AvgIpc) is 3.59. The summed E-state index contributed by atoms with van der Waals surface area (Å²) in [6.07, 6.45) is 4.52. The fraction of sp³-hybridized carbons (Fsp3) is 0.440. The lowest BCUT2D eigenvalue weighted by Crippen LogP contribution is -2.54. The highest BCUT2D eigenvalue weighted by molar-refractivity contribution is 6.31. The molecule has 2 unspecified atom stereocenters. The summed E-state index contributed by atoms with van der Waals surface area (Å²) in [6.45, 7) is 0. The number of hydrogen-bond acceptors (Lipinski definition) is 5. The van der Waals surface area contributed by atoms with E-state index in [2.05, 4.69) is 20.7 Å². The standard InChI is InChI=1S/C25H26ClF3N6O3/c1-34-12-30-20(21(34)22(36)32-16-3-4-19(27)18(26)7-16)13-5-14-8-24(38,9-15(14)6-13)25(28,29)23(37)33-17-10-31-35(2)11-17/h3-4,7,10-15,38H,5-6,8-9H2,1-2H3,(H,32,36)(H,33,37). The summed E-state index contributed by atoms with van der Waals surface area (Å²) in [5, 5.41) is 19.5. The lowest BCUT2D eigenvalue weighted by molar-refractivity contribution is -0.187. The number of alkyl halides is 2. The number of hydrogen-bond donors (Lipinski definition) is 3. The largest absolute Gasteiger partial charge is 0.383 e. The van der Waals surface area contributed by atoms with Crippen LogP contribution in [-0.2, 0) is 18.9 Å². The van der Waals surface area contributed by atoms with Gasteiger partial charge in [0.1, 0.15) is 17.1 Å². The number of benzene rings is 1. The molecule has 0 bridgehead atoms. The first-order valence-corrected chi connectivity index (χ1v) is 12.4. The second-order valence-electron chi connectivity index (χ2n) is 10.2. The number of nitrogens with zero attached hydrogens (tertiary/aromatic N) is 4. The van der Waals surface area contributed by atoms with E-state index in [1.165, 1.54) is 35.5 Å². The maximum Gasteiger partial charge on any atom is 0.352 e. The van der Waals surface area contributed by atoms with Gasteiger partial charge in [0.25, 0.3) is 11.8 Å². The maximum absolute atomic E-state index is 15.2. The van der Waals surface area contributed by atoms with Crippen LogP contribution in [0.5, 0.6) is 0 Å². The third-order valence-electron chi connectivity index (χ3n) is 7.62. The van der Waals surface area contributed by atoms with Gasteiger partial charge < -0.3 is 20.3 Å². The molecule has 0 radical (unpaired) electrons. The van der Waals surface area contributed by atoms with Crippen LogP contribution in [0, 0.1) is 17.7 Å². The van der Waals surface area contributed by atoms with Crippen molar-refractivity contribution in [1.82, 2.24) is 19.3 Å². The Morgan fingerprint density at radius 3 is 2.45 bits per heavy atom. The summed E-state index contributed by atoms with van der Waals surface area (Å²) >= 11 is 5.81. The first-order chi connectivity index (χ1) is 17.9. The van der Waals surface area contributed by atoms with Gasteiger partial charge in [-0.05, 0) is 55.7 Å². The molecule has 0 aliphatic heterocycles. The van der Waals surface area contributed by atoms with Gasteiger partial charge >= 0.3 is 5.92 Å². The van der Waals surface area contributed by atoms with Crippen LogP contribution in [0.1, 0.15) is 47.8 Å². The maximum atomic E-state index is 15.2. The zero-order valence-electron chi connectivity index (χ0n) is 20.6. The quantitative estimate of drug-likeness (QED) is 0.427. The molecule has 2 aliphatic carbocycles. The molecule has 2 heterocycles. The van der Waals surface area contributed by atoms with Gasteiger partial charge in [-0.15, -0.1) is 0 Å². The van der Waals surface area contributed by atoms with Gasteiger partial charge in [0.2, 0.25) is 0 Å². The van der Waals surface area contributed by atoms with Crippen LogP contribution >= 0.6 is 11.6 Å². The molecule has 1 aromatic carbocycles. The Morgan fingerprint density at radius 1 is 1.16 bits per heavy atom. The highest BCUT2D eigenvalue weighted by atomic mass is 35.5. The summed E-state index contributed by atoms with van der Waals surface area (Å²) in [5.41, 5.74) is -1.23. The third kappa shape index (κ3) is 4.55. The molecule has 202 valence electrons. The van der Waals surface area contributed by atoms with E-state index in [1.807, 2.05) is 0 Å². The molecule has 2 atom stereocenters. The molecule has 2 aromatic heterocycles. The van der Waals surface area contributed by atoms with Gasteiger partial charge in [-0.1, -0.05) is 11.6 Å². The monoisotopic (exact) mass is 550 g/mol. The minimum absolute atomic E-state index is 0.114. The fourth-order valence-electron chi connectivity index (χ4n) is 5.84. The van der Waals surface area contributed by atoms with Crippen molar-refractivity contribution in [3.8, 4) is 0 Å². The molecule has 0 spiro atoms. The molecule has 2 amide bonds. The summed E-state index contributed by atoms with van der Waals surface area (Å²) in [7, 11) is 3.25. The molecule has 2 aliphatic rings. The van der Waals surface area contributed by atoms with E-state index in [1.54, 1.807) is 18.7 Å². The highest BCUT2D eigenvalue weighted by Crippen LogP contribution is 2.57. The molecule has 38 heavy (non-hydrogen) atoms. The summed E-state index contributed by atoms with van der Waals surface area (Å²) < 4.78 is 46.7. The van der Waals surface area contributed by atoms with Crippen molar-refractivity contribution in [3.63, 3.8) is 0 Å². The van der Waals surface area contributed by atoms with Crippen LogP contribution in [0.25, 0.3) is 0 Å². The zero-order valence-corrected chi connectivity index (χ0v) is 21.3. The Morgan fingerprint density at radius 2 is 1.84 bits per heavy atom. The second-order valence-corrected chi connectivity index (χ2v) is 10.6. The molecule has 3 aromatic rings. The first kappa shape index (κ1) is 26.2. The number of aromatic nitrogens is 4. The van der Waals surface area contributed by atoms with E-state index in [0.29, 0.717) is 29.9 Å². The van der Waals surface area contributed by atoms with Crippen LogP contribution < -0.4 is 10.6 Å². The third-order valence-corrected chi connectivity index (χ3v) is 7.91.